The van der Waals surface area contributed by atoms with Gasteiger partial charge in [-0.25, -0.2) is 0 Å². The van der Waals surface area contributed by atoms with Crippen molar-refractivity contribution in [3.8, 4) is 5.75 Å². The molecule has 0 saturated carbocycles. The van der Waals surface area contributed by atoms with Gasteiger partial charge < -0.3 is 9.47 Å². The number of thiophene rings is 1. The van der Waals surface area contributed by atoms with E-state index in [4.69, 9.17) is 32.7 Å². The summed E-state index contributed by atoms with van der Waals surface area (Å²) >= 11 is 17.4. The van der Waals surface area contributed by atoms with Crippen LogP contribution in [0.15, 0.2) is 34.8 Å². The van der Waals surface area contributed by atoms with E-state index < -0.39 is 0 Å². The van der Waals surface area contributed by atoms with Crippen molar-refractivity contribution in [2.75, 3.05) is 20.3 Å². The van der Waals surface area contributed by atoms with Crippen LogP contribution in [0, 0.1) is 0 Å². The molecule has 1 atom stereocenters. The molecule has 0 spiro atoms. The minimum absolute atomic E-state index is 0.211. The smallest absolute Gasteiger partial charge is 0.133 e. The van der Waals surface area contributed by atoms with Gasteiger partial charge in [-0.05, 0) is 45.8 Å². The molecule has 0 bridgehead atoms. The molecule has 0 aliphatic carbocycles. The van der Waals surface area contributed by atoms with Crippen LogP contribution in [0.4, 0.5) is 0 Å². The number of halogens is 3. The lowest BCUT2D eigenvalue weighted by atomic mass is 10.1. The zero-order chi connectivity index (χ0) is 14.5. The molecule has 2 aromatic rings. The average molecular weight is 396 g/mol. The summed E-state index contributed by atoms with van der Waals surface area (Å²) < 4.78 is 12.2. The summed E-state index contributed by atoms with van der Waals surface area (Å²) in [6.07, 6.45) is 0. The Morgan fingerprint density at radius 2 is 2.05 bits per heavy atom. The third-order valence-electron chi connectivity index (χ3n) is 2.64. The molecule has 1 unspecified atom stereocenters. The van der Waals surface area contributed by atoms with Crippen molar-refractivity contribution in [1.29, 1.82) is 0 Å². The highest BCUT2D eigenvalue weighted by Crippen LogP contribution is 2.38. The minimum Gasteiger partial charge on any atom is -0.490 e. The summed E-state index contributed by atoms with van der Waals surface area (Å²) in [5.74, 6) is 0.777. The van der Waals surface area contributed by atoms with Gasteiger partial charge in [-0.15, -0.1) is 22.9 Å². The van der Waals surface area contributed by atoms with E-state index in [9.17, 15) is 0 Å². The third kappa shape index (κ3) is 4.12. The number of hydrogen-bond acceptors (Lipinski definition) is 3. The molecule has 1 aromatic carbocycles. The van der Waals surface area contributed by atoms with Crippen LogP contribution in [0.3, 0.4) is 0 Å². The summed E-state index contributed by atoms with van der Waals surface area (Å²) in [6, 6.07) is 9.63. The van der Waals surface area contributed by atoms with Gasteiger partial charge in [0.15, 0.2) is 0 Å². The second-order valence-corrected chi connectivity index (χ2v) is 7.07. The normalized spacial score (nSPS) is 12.4. The topological polar surface area (TPSA) is 18.5 Å². The van der Waals surface area contributed by atoms with Crippen LogP contribution in [0.1, 0.15) is 15.8 Å². The first-order valence-electron chi connectivity index (χ1n) is 5.92. The Morgan fingerprint density at radius 3 is 2.65 bits per heavy atom. The highest BCUT2D eigenvalue weighted by molar-refractivity contribution is 9.10. The van der Waals surface area contributed by atoms with Crippen LogP contribution >= 0.6 is 50.5 Å². The van der Waals surface area contributed by atoms with Crippen LogP contribution < -0.4 is 4.74 Å². The molecule has 2 nitrogen and oxygen atoms in total. The highest BCUT2D eigenvalue weighted by atomic mass is 79.9. The monoisotopic (exact) mass is 394 g/mol. The van der Waals surface area contributed by atoms with Crippen molar-refractivity contribution in [3.05, 3.63) is 49.6 Å². The van der Waals surface area contributed by atoms with Crippen molar-refractivity contribution >= 4 is 50.5 Å². The summed E-state index contributed by atoms with van der Waals surface area (Å²) in [5, 5.41) is -0.211. The number of hydrogen-bond donors (Lipinski definition) is 0. The van der Waals surface area contributed by atoms with E-state index in [-0.39, 0.29) is 5.38 Å². The quantitative estimate of drug-likeness (QED) is 0.473. The van der Waals surface area contributed by atoms with Gasteiger partial charge in [0.1, 0.15) is 12.4 Å². The standard InChI is InChI=1S/C14H13BrCl2O2S/c1-18-6-7-19-11-3-2-9(8-10(11)15)14(17)12-4-5-13(16)20-12/h2-5,8,14H,6-7H2,1H3. The summed E-state index contributed by atoms with van der Waals surface area (Å²) in [5.41, 5.74) is 0.996. The molecule has 0 aliphatic heterocycles. The fraction of sp³-hybridized carbons (Fsp3) is 0.286. The largest absolute Gasteiger partial charge is 0.490 e. The number of methoxy groups -OCH3 is 1. The van der Waals surface area contributed by atoms with E-state index in [0.717, 1.165) is 25.0 Å². The molecule has 1 aromatic heterocycles. The van der Waals surface area contributed by atoms with E-state index in [1.165, 1.54) is 11.3 Å². The van der Waals surface area contributed by atoms with E-state index in [1.807, 2.05) is 30.3 Å². The maximum atomic E-state index is 6.47. The third-order valence-corrected chi connectivity index (χ3v) is 5.17. The van der Waals surface area contributed by atoms with Gasteiger partial charge in [0.2, 0.25) is 0 Å². The van der Waals surface area contributed by atoms with Crippen molar-refractivity contribution in [3.63, 3.8) is 0 Å². The number of benzene rings is 1. The molecular weight excluding hydrogens is 383 g/mol. The molecular formula is C14H13BrCl2O2S. The fourth-order valence-corrected chi connectivity index (χ4v) is 3.58. The predicted octanol–water partition coefficient (Wildman–Crippen LogP) is 5.52. The van der Waals surface area contributed by atoms with E-state index in [1.54, 1.807) is 7.11 Å². The Kier molecular flexibility index (Phi) is 6.18. The van der Waals surface area contributed by atoms with E-state index in [2.05, 4.69) is 15.9 Å². The summed E-state index contributed by atoms with van der Waals surface area (Å²) in [6.45, 7) is 1.07. The Balaban J connectivity index is 2.12. The first-order valence-corrected chi connectivity index (χ1v) is 8.34. The minimum atomic E-state index is -0.211. The number of rotatable bonds is 6. The maximum absolute atomic E-state index is 6.47. The molecule has 108 valence electrons. The van der Waals surface area contributed by atoms with Crippen LogP contribution in [0.25, 0.3) is 0 Å². The number of ether oxygens (including phenoxy) is 2. The first-order chi connectivity index (χ1) is 9.61. The predicted molar refractivity (Wildman–Crippen MR) is 88.5 cm³/mol. The molecule has 0 aliphatic rings. The molecule has 6 heteroatoms. The van der Waals surface area contributed by atoms with E-state index in [0.29, 0.717) is 13.2 Å². The van der Waals surface area contributed by atoms with Crippen LogP contribution in [-0.4, -0.2) is 20.3 Å². The molecule has 0 amide bonds. The molecule has 0 radical (unpaired) electrons. The average Bonchev–Trinajstić information content (AvgIpc) is 2.86. The van der Waals surface area contributed by atoms with Crippen molar-refractivity contribution < 1.29 is 9.47 Å². The second kappa shape index (κ2) is 7.66. The van der Waals surface area contributed by atoms with Crippen LogP contribution in [0.2, 0.25) is 4.34 Å². The van der Waals surface area contributed by atoms with Gasteiger partial charge in [-0.2, -0.15) is 0 Å². The van der Waals surface area contributed by atoms with Crippen molar-refractivity contribution in [2.24, 2.45) is 0 Å². The van der Waals surface area contributed by atoms with Gasteiger partial charge >= 0.3 is 0 Å². The van der Waals surface area contributed by atoms with Crippen LogP contribution in [0.5, 0.6) is 5.75 Å². The van der Waals surface area contributed by atoms with Gasteiger partial charge in [0, 0.05) is 12.0 Å². The van der Waals surface area contributed by atoms with Gasteiger partial charge in [0.05, 0.1) is 20.8 Å². The lowest BCUT2D eigenvalue weighted by Crippen LogP contribution is -2.04. The molecule has 0 fully saturated rings. The zero-order valence-electron chi connectivity index (χ0n) is 10.7. The second-order valence-electron chi connectivity index (χ2n) is 4.04. The first kappa shape index (κ1) is 16.1. The number of alkyl halides is 1. The van der Waals surface area contributed by atoms with Gasteiger partial charge in [-0.3, -0.25) is 0 Å². The van der Waals surface area contributed by atoms with Crippen molar-refractivity contribution in [1.82, 2.24) is 0 Å². The Hall–Kier alpha value is -0.260. The molecule has 20 heavy (non-hydrogen) atoms. The van der Waals surface area contributed by atoms with Gasteiger partial charge in [-0.1, -0.05) is 17.7 Å². The Bertz CT molecular complexity index is 574. The lowest BCUT2D eigenvalue weighted by molar-refractivity contribution is 0.146. The highest BCUT2D eigenvalue weighted by Gasteiger charge is 2.15. The van der Waals surface area contributed by atoms with Crippen molar-refractivity contribution in [2.45, 2.75) is 5.38 Å². The zero-order valence-corrected chi connectivity index (χ0v) is 14.7. The lowest BCUT2D eigenvalue weighted by Gasteiger charge is -2.12. The molecule has 1 heterocycles. The molecule has 0 N–H and O–H groups in total. The Morgan fingerprint density at radius 1 is 1.25 bits per heavy atom. The summed E-state index contributed by atoms with van der Waals surface area (Å²) in [4.78, 5) is 1.02. The fourth-order valence-electron chi connectivity index (χ4n) is 1.66. The van der Waals surface area contributed by atoms with Gasteiger partial charge in [0.25, 0.3) is 0 Å². The van der Waals surface area contributed by atoms with E-state index >= 15 is 0 Å². The SMILES string of the molecule is COCCOc1ccc(C(Cl)c2ccc(Cl)s2)cc1Br. The Labute approximate surface area is 140 Å². The summed E-state index contributed by atoms with van der Waals surface area (Å²) in [7, 11) is 1.64. The van der Waals surface area contributed by atoms with Crippen LogP contribution in [-0.2, 0) is 4.74 Å². The molecule has 2 rings (SSSR count). The molecule has 0 saturated heterocycles. The maximum Gasteiger partial charge on any atom is 0.133 e.